The monoisotopic (exact) mass is 471 g/mol. The molecule has 0 fully saturated rings. The van der Waals surface area contributed by atoms with Crippen molar-refractivity contribution in [2.24, 2.45) is 0 Å². The highest BCUT2D eigenvalue weighted by Gasteiger charge is 2.22. The van der Waals surface area contributed by atoms with Crippen LogP contribution in [0.4, 0.5) is 0 Å². The first kappa shape index (κ1) is 21.8. The summed E-state index contributed by atoms with van der Waals surface area (Å²) < 4.78 is 10.6. The van der Waals surface area contributed by atoms with E-state index in [1.807, 2.05) is 72.9 Å². The minimum absolute atomic E-state index is 0.151. The van der Waals surface area contributed by atoms with Crippen LogP contribution in [0.15, 0.2) is 89.6 Å². The Balaban J connectivity index is 1.39. The molecule has 170 valence electrons. The smallest absolute Gasteiger partial charge is 0.273 e. The normalized spacial score (nSPS) is 11.9. The molecule has 0 saturated carbocycles. The van der Waals surface area contributed by atoms with Gasteiger partial charge >= 0.3 is 0 Å². The molecule has 0 aliphatic rings. The molecule has 2 heterocycles. The quantitative estimate of drug-likeness (QED) is 0.303. The summed E-state index contributed by atoms with van der Waals surface area (Å²) in [5, 5.41) is 8.71. The number of para-hydroxylation sites is 1. The third kappa shape index (κ3) is 4.28. The van der Waals surface area contributed by atoms with Gasteiger partial charge in [0.1, 0.15) is 5.75 Å². The van der Waals surface area contributed by atoms with Crippen molar-refractivity contribution in [1.82, 2.24) is 15.5 Å². The number of aromatic amines is 1. The van der Waals surface area contributed by atoms with E-state index >= 15 is 0 Å². The molecule has 0 saturated heterocycles. The van der Waals surface area contributed by atoms with Crippen LogP contribution >= 0.6 is 11.6 Å². The number of nitrogens with zero attached hydrogens (tertiary/aromatic N) is 1. The first-order chi connectivity index (χ1) is 16.6. The highest BCUT2D eigenvalue weighted by molar-refractivity contribution is 6.31. The van der Waals surface area contributed by atoms with E-state index in [1.54, 1.807) is 13.2 Å². The number of benzene rings is 3. The Morgan fingerprint density at radius 1 is 1.06 bits per heavy atom. The van der Waals surface area contributed by atoms with E-state index in [-0.39, 0.29) is 17.5 Å². The van der Waals surface area contributed by atoms with Crippen LogP contribution in [-0.2, 0) is 0 Å². The zero-order chi connectivity index (χ0) is 23.5. The van der Waals surface area contributed by atoms with Gasteiger partial charge in [-0.05, 0) is 47.5 Å². The highest BCUT2D eigenvalue weighted by Crippen LogP contribution is 2.34. The Kier molecular flexibility index (Phi) is 6.06. The van der Waals surface area contributed by atoms with Crippen molar-refractivity contribution in [3.8, 4) is 17.1 Å². The lowest BCUT2D eigenvalue weighted by Crippen LogP contribution is -2.29. The van der Waals surface area contributed by atoms with Gasteiger partial charge < -0.3 is 19.6 Å². The summed E-state index contributed by atoms with van der Waals surface area (Å²) in [6, 6.07) is 24.7. The second-order valence-corrected chi connectivity index (χ2v) is 8.29. The van der Waals surface area contributed by atoms with Crippen LogP contribution < -0.4 is 10.1 Å². The largest absolute Gasteiger partial charge is 0.497 e. The molecule has 2 aromatic heterocycles. The molecule has 2 N–H and O–H groups in total. The van der Waals surface area contributed by atoms with Crippen molar-refractivity contribution < 1.29 is 14.1 Å². The number of aromatic nitrogens is 2. The number of hydrogen-bond acceptors (Lipinski definition) is 4. The summed E-state index contributed by atoms with van der Waals surface area (Å²) in [6.07, 6.45) is 1.97. The number of amides is 1. The summed E-state index contributed by atoms with van der Waals surface area (Å²) in [7, 11) is 1.61. The lowest BCUT2D eigenvalue weighted by atomic mass is 9.90. The molecule has 0 bridgehead atoms. The molecule has 7 heteroatoms. The zero-order valence-corrected chi connectivity index (χ0v) is 19.2. The molecular weight excluding hydrogens is 450 g/mol. The molecule has 0 aliphatic carbocycles. The van der Waals surface area contributed by atoms with E-state index in [2.05, 4.69) is 21.5 Å². The number of nitrogens with one attached hydrogen (secondary N) is 2. The van der Waals surface area contributed by atoms with Crippen LogP contribution in [0.5, 0.6) is 5.75 Å². The number of carbonyl (C=O) groups excluding carboxylic acids is 1. The van der Waals surface area contributed by atoms with Gasteiger partial charge in [0.25, 0.3) is 5.91 Å². The van der Waals surface area contributed by atoms with Gasteiger partial charge in [-0.25, -0.2) is 0 Å². The van der Waals surface area contributed by atoms with Crippen LogP contribution in [-0.4, -0.2) is 29.7 Å². The standard InChI is InChI=1S/C27H22ClN3O3/c1-33-18-12-10-17(11-13-18)26-14-25(31-34-26)27(32)30-16-21(19-6-2-4-8-23(19)28)22-15-29-24-9-5-3-7-20(22)24/h2-15,21,29H,16H2,1H3,(H,30,32). The summed E-state index contributed by atoms with van der Waals surface area (Å²) in [4.78, 5) is 16.3. The molecule has 6 nitrogen and oxygen atoms in total. The fourth-order valence-electron chi connectivity index (χ4n) is 4.09. The first-order valence-corrected chi connectivity index (χ1v) is 11.2. The lowest BCUT2D eigenvalue weighted by molar-refractivity contribution is 0.0943. The number of carbonyl (C=O) groups is 1. The molecule has 5 rings (SSSR count). The van der Waals surface area contributed by atoms with Gasteiger partial charge in [-0.15, -0.1) is 0 Å². The topological polar surface area (TPSA) is 80.1 Å². The number of ether oxygens (including phenoxy) is 1. The minimum Gasteiger partial charge on any atom is -0.497 e. The molecule has 0 radical (unpaired) electrons. The third-order valence-corrected chi connectivity index (χ3v) is 6.21. The predicted molar refractivity (Wildman–Crippen MR) is 132 cm³/mol. The second-order valence-electron chi connectivity index (χ2n) is 7.88. The Morgan fingerprint density at radius 2 is 1.82 bits per heavy atom. The number of methoxy groups -OCH3 is 1. The molecule has 5 aromatic rings. The first-order valence-electron chi connectivity index (χ1n) is 10.8. The highest BCUT2D eigenvalue weighted by atomic mass is 35.5. The molecule has 3 aromatic carbocycles. The maximum absolute atomic E-state index is 12.9. The molecule has 34 heavy (non-hydrogen) atoms. The number of halogens is 1. The van der Waals surface area contributed by atoms with Crippen molar-refractivity contribution in [1.29, 1.82) is 0 Å². The van der Waals surface area contributed by atoms with E-state index in [1.165, 1.54) is 0 Å². The van der Waals surface area contributed by atoms with E-state index in [0.29, 0.717) is 17.3 Å². The van der Waals surface area contributed by atoms with Gasteiger partial charge in [-0.2, -0.15) is 0 Å². The SMILES string of the molecule is COc1ccc(-c2cc(C(=O)NCC(c3ccccc3Cl)c3c[nH]c4ccccc34)no2)cc1. The minimum atomic E-state index is -0.319. The van der Waals surface area contributed by atoms with Crippen LogP contribution in [0.3, 0.4) is 0 Å². The fraction of sp³-hybridized carbons (Fsp3) is 0.111. The zero-order valence-electron chi connectivity index (χ0n) is 18.4. The van der Waals surface area contributed by atoms with E-state index in [9.17, 15) is 4.79 Å². The van der Waals surface area contributed by atoms with Gasteiger partial charge in [0.05, 0.1) is 7.11 Å². The van der Waals surface area contributed by atoms with Gasteiger partial charge in [-0.1, -0.05) is 53.2 Å². The molecule has 1 atom stereocenters. The lowest BCUT2D eigenvalue weighted by Gasteiger charge is -2.19. The number of hydrogen-bond donors (Lipinski definition) is 2. The average Bonchev–Trinajstić information content (AvgIpc) is 3.53. The van der Waals surface area contributed by atoms with Crippen molar-refractivity contribution in [3.05, 3.63) is 107 Å². The predicted octanol–water partition coefficient (Wildman–Crippen LogP) is 6.05. The molecule has 1 amide bonds. The molecular formula is C27H22ClN3O3. The summed E-state index contributed by atoms with van der Waals surface area (Å²) in [5.74, 6) is 0.776. The molecule has 0 aliphatic heterocycles. The van der Waals surface area contributed by atoms with Crippen LogP contribution in [0.1, 0.15) is 27.5 Å². The van der Waals surface area contributed by atoms with Gasteiger partial charge in [0, 0.05) is 46.2 Å². The number of fused-ring (bicyclic) bond motifs is 1. The molecule has 0 spiro atoms. The Labute approximate surface area is 201 Å². The average molecular weight is 472 g/mol. The third-order valence-electron chi connectivity index (χ3n) is 5.86. The van der Waals surface area contributed by atoms with Crippen molar-refractivity contribution in [3.63, 3.8) is 0 Å². The maximum Gasteiger partial charge on any atom is 0.273 e. The van der Waals surface area contributed by atoms with Crippen LogP contribution in [0, 0.1) is 0 Å². The van der Waals surface area contributed by atoms with Crippen molar-refractivity contribution >= 4 is 28.4 Å². The Morgan fingerprint density at radius 3 is 2.62 bits per heavy atom. The van der Waals surface area contributed by atoms with E-state index in [4.69, 9.17) is 20.9 Å². The maximum atomic E-state index is 12.9. The molecule has 1 unspecified atom stereocenters. The number of H-pyrrole nitrogens is 1. The Bertz CT molecular complexity index is 1440. The summed E-state index contributed by atoms with van der Waals surface area (Å²) in [5.41, 5.74) is 4.04. The fourth-order valence-corrected chi connectivity index (χ4v) is 4.35. The Hall–Kier alpha value is -4.03. The van der Waals surface area contributed by atoms with E-state index < -0.39 is 0 Å². The van der Waals surface area contributed by atoms with E-state index in [0.717, 1.165) is 33.3 Å². The van der Waals surface area contributed by atoms with Crippen LogP contribution in [0.25, 0.3) is 22.2 Å². The number of rotatable bonds is 7. The van der Waals surface area contributed by atoms with Crippen molar-refractivity contribution in [2.45, 2.75) is 5.92 Å². The van der Waals surface area contributed by atoms with Gasteiger partial charge in [-0.3, -0.25) is 4.79 Å². The van der Waals surface area contributed by atoms with Gasteiger partial charge in [0.2, 0.25) is 0 Å². The van der Waals surface area contributed by atoms with Crippen molar-refractivity contribution in [2.75, 3.05) is 13.7 Å². The summed E-state index contributed by atoms with van der Waals surface area (Å²) >= 11 is 6.55. The van der Waals surface area contributed by atoms with Gasteiger partial charge in [0.15, 0.2) is 11.5 Å². The van der Waals surface area contributed by atoms with Crippen LogP contribution in [0.2, 0.25) is 5.02 Å². The second kappa shape index (κ2) is 9.45. The summed E-state index contributed by atoms with van der Waals surface area (Å²) in [6.45, 7) is 0.342.